The second kappa shape index (κ2) is 10.1. The van der Waals surface area contributed by atoms with Crippen molar-refractivity contribution in [3.05, 3.63) is 72.3 Å². The van der Waals surface area contributed by atoms with E-state index in [1.54, 1.807) is 23.1 Å². The molecule has 1 aliphatic rings. The number of hydrogen-bond donors (Lipinski definition) is 1. The van der Waals surface area contributed by atoms with Gasteiger partial charge in [-0.05, 0) is 60.0 Å². The molecule has 4 aromatic rings. The van der Waals surface area contributed by atoms with Crippen LogP contribution in [0.25, 0.3) is 22.3 Å². The highest BCUT2D eigenvalue weighted by molar-refractivity contribution is 5.92. The van der Waals surface area contributed by atoms with E-state index in [9.17, 15) is 22.4 Å². The zero-order valence-electron chi connectivity index (χ0n) is 19.6. The molecule has 1 aliphatic heterocycles. The molecule has 1 N–H and O–H groups in total. The number of ether oxygens (including phenoxy) is 1. The zero-order valence-corrected chi connectivity index (χ0v) is 19.6. The lowest BCUT2D eigenvalue weighted by Crippen LogP contribution is -2.49. The first-order chi connectivity index (χ1) is 17.7. The standard InChI is InChI=1S/C26H23F4N5O2/c27-19-7-5-18(6-8-19)22-15-21-24(33-22)31-16-32-25(21)35-12-10-34(11-13-35)23(36)9-4-17-2-1-3-20(14-17)37-26(28,29)30/h1-3,5-8,14-16H,4,9-13H2,(H,31,32,33). The Kier molecular flexibility index (Phi) is 6.68. The third-order valence-electron chi connectivity index (χ3n) is 6.25. The van der Waals surface area contributed by atoms with Gasteiger partial charge >= 0.3 is 6.36 Å². The van der Waals surface area contributed by atoms with Crippen molar-refractivity contribution >= 4 is 22.8 Å². The van der Waals surface area contributed by atoms with Gasteiger partial charge in [-0.1, -0.05) is 12.1 Å². The number of hydrogen-bond acceptors (Lipinski definition) is 5. The van der Waals surface area contributed by atoms with E-state index in [4.69, 9.17) is 0 Å². The maximum atomic E-state index is 13.3. The van der Waals surface area contributed by atoms with Crippen molar-refractivity contribution in [1.29, 1.82) is 0 Å². The van der Waals surface area contributed by atoms with Gasteiger partial charge in [-0.25, -0.2) is 14.4 Å². The monoisotopic (exact) mass is 513 g/mol. The van der Waals surface area contributed by atoms with E-state index >= 15 is 0 Å². The number of fused-ring (bicyclic) bond motifs is 1. The molecule has 0 radical (unpaired) electrons. The number of alkyl halides is 3. The van der Waals surface area contributed by atoms with Gasteiger partial charge in [-0.3, -0.25) is 4.79 Å². The summed E-state index contributed by atoms with van der Waals surface area (Å²) in [5.41, 5.74) is 2.90. The number of aromatic amines is 1. The van der Waals surface area contributed by atoms with Crippen LogP contribution in [0, 0.1) is 5.82 Å². The van der Waals surface area contributed by atoms with Crippen molar-refractivity contribution in [2.45, 2.75) is 19.2 Å². The van der Waals surface area contributed by atoms with Gasteiger partial charge in [0.25, 0.3) is 0 Å². The summed E-state index contributed by atoms with van der Waals surface area (Å²) in [6, 6.07) is 13.8. The summed E-state index contributed by atoms with van der Waals surface area (Å²) in [6.07, 6.45) is -2.77. The first kappa shape index (κ1) is 24.5. The van der Waals surface area contributed by atoms with Crippen molar-refractivity contribution in [2.75, 3.05) is 31.1 Å². The van der Waals surface area contributed by atoms with Crippen molar-refractivity contribution in [3.63, 3.8) is 0 Å². The molecule has 5 rings (SSSR count). The molecule has 0 aliphatic carbocycles. The van der Waals surface area contributed by atoms with Crippen LogP contribution in [0.5, 0.6) is 5.75 Å². The van der Waals surface area contributed by atoms with Crippen LogP contribution in [0.15, 0.2) is 60.9 Å². The molecule has 3 heterocycles. The number of anilines is 1. The first-order valence-corrected chi connectivity index (χ1v) is 11.7. The fourth-order valence-corrected chi connectivity index (χ4v) is 4.44. The molecule has 1 fully saturated rings. The maximum absolute atomic E-state index is 13.3. The van der Waals surface area contributed by atoms with Crippen LogP contribution < -0.4 is 9.64 Å². The fourth-order valence-electron chi connectivity index (χ4n) is 4.44. The van der Waals surface area contributed by atoms with Gasteiger partial charge in [0.2, 0.25) is 5.91 Å². The minimum absolute atomic E-state index is 0.0603. The average molecular weight is 513 g/mol. The molecule has 0 unspecified atom stereocenters. The molecule has 11 heteroatoms. The highest BCUT2D eigenvalue weighted by Crippen LogP contribution is 2.29. The Morgan fingerprint density at radius 3 is 2.49 bits per heavy atom. The Balaban J connectivity index is 1.20. The molecule has 0 atom stereocenters. The molecule has 192 valence electrons. The number of piperazine rings is 1. The van der Waals surface area contributed by atoms with E-state index in [2.05, 4.69) is 24.6 Å². The first-order valence-electron chi connectivity index (χ1n) is 11.7. The molecule has 1 saturated heterocycles. The Labute approximate surface area is 209 Å². The zero-order chi connectivity index (χ0) is 26.0. The van der Waals surface area contributed by atoms with Gasteiger partial charge in [-0.15, -0.1) is 13.2 Å². The van der Waals surface area contributed by atoms with E-state index < -0.39 is 6.36 Å². The number of H-pyrrole nitrogens is 1. The molecule has 7 nitrogen and oxygen atoms in total. The lowest BCUT2D eigenvalue weighted by molar-refractivity contribution is -0.274. The van der Waals surface area contributed by atoms with Crippen molar-refractivity contribution in [2.24, 2.45) is 0 Å². The van der Waals surface area contributed by atoms with E-state index in [1.807, 2.05) is 6.07 Å². The second-order valence-electron chi connectivity index (χ2n) is 8.71. The number of aryl methyl sites for hydroxylation is 1. The summed E-state index contributed by atoms with van der Waals surface area (Å²) in [4.78, 5) is 28.7. The average Bonchev–Trinajstić information content (AvgIpc) is 3.32. The number of halogens is 4. The predicted octanol–water partition coefficient (Wildman–Crippen LogP) is 4.94. The normalized spacial score (nSPS) is 14.3. The minimum atomic E-state index is -4.76. The molecule has 0 bridgehead atoms. The Morgan fingerprint density at radius 2 is 1.76 bits per heavy atom. The minimum Gasteiger partial charge on any atom is -0.406 e. The molecule has 1 amide bonds. The van der Waals surface area contributed by atoms with Gasteiger partial charge in [0.05, 0.1) is 5.39 Å². The second-order valence-corrected chi connectivity index (χ2v) is 8.71. The van der Waals surface area contributed by atoms with Crippen LogP contribution >= 0.6 is 0 Å². The predicted molar refractivity (Wildman–Crippen MR) is 130 cm³/mol. The van der Waals surface area contributed by atoms with Crippen molar-refractivity contribution < 1.29 is 27.1 Å². The molecular weight excluding hydrogens is 490 g/mol. The van der Waals surface area contributed by atoms with Gasteiger partial charge in [0.15, 0.2) is 0 Å². The largest absolute Gasteiger partial charge is 0.573 e. The van der Waals surface area contributed by atoms with E-state index in [-0.39, 0.29) is 23.9 Å². The molecule has 0 saturated carbocycles. The topological polar surface area (TPSA) is 74.3 Å². The molecular formula is C26H23F4N5O2. The number of benzene rings is 2. The molecule has 37 heavy (non-hydrogen) atoms. The Morgan fingerprint density at radius 1 is 1.00 bits per heavy atom. The number of rotatable bonds is 6. The smallest absolute Gasteiger partial charge is 0.406 e. The number of carbonyl (C=O) groups is 1. The van der Waals surface area contributed by atoms with Crippen LogP contribution in [-0.2, 0) is 11.2 Å². The van der Waals surface area contributed by atoms with Gasteiger partial charge in [0, 0.05) is 38.3 Å². The Hall–Kier alpha value is -4.15. The number of nitrogens with one attached hydrogen (secondary N) is 1. The number of aromatic nitrogens is 3. The number of nitrogens with zero attached hydrogens (tertiary/aromatic N) is 4. The van der Waals surface area contributed by atoms with Crippen LogP contribution in [0.2, 0.25) is 0 Å². The van der Waals surface area contributed by atoms with Crippen molar-refractivity contribution in [1.82, 2.24) is 19.9 Å². The molecule has 0 spiro atoms. The van der Waals surface area contributed by atoms with E-state index in [1.165, 1.54) is 36.7 Å². The SMILES string of the molecule is O=C(CCc1cccc(OC(F)(F)F)c1)N1CCN(c2ncnc3[nH]c(-c4ccc(F)cc4)cc23)CC1. The highest BCUT2D eigenvalue weighted by Gasteiger charge is 2.31. The fraction of sp³-hybridized carbons (Fsp3) is 0.269. The summed E-state index contributed by atoms with van der Waals surface area (Å²) >= 11 is 0. The lowest BCUT2D eigenvalue weighted by Gasteiger charge is -2.35. The third kappa shape index (κ3) is 5.82. The van der Waals surface area contributed by atoms with Crippen LogP contribution in [0.1, 0.15) is 12.0 Å². The highest BCUT2D eigenvalue weighted by atomic mass is 19.4. The summed E-state index contributed by atoms with van der Waals surface area (Å²) in [5.74, 6) is 0.0874. The number of carbonyl (C=O) groups excluding carboxylic acids is 1. The Bertz CT molecular complexity index is 1400. The number of amides is 1. The summed E-state index contributed by atoms with van der Waals surface area (Å²) in [5, 5.41) is 0.836. The van der Waals surface area contributed by atoms with E-state index in [0.717, 1.165) is 22.5 Å². The maximum Gasteiger partial charge on any atom is 0.573 e. The molecule has 2 aromatic carbocycles. The van der Waals surface area contributed by atoms with Gasteiger partial charge < -0.3 is 19.5 Å². The van der Waals surface area contributed by atoms with Crippen LogP contribution in [0.4, 0.5) is 23.4 Å². The summed E-state index contributed by atoms with van der Waals surface area (Å²) in [7, 11) is 0. The third-order valence-corrected chi connectivity index (χ3v) is 6.25. The van der Waals surface area contributed by atoms with Gasteiger partial charge in [0.1, 0.15) is 29.4 Å². The molecule has 2 aromatic heterocycles. The lowest BCUT2D eigenvalue weighted by atomic mass is 10.1. The van der Waals surface area contributed by atoms with Crippen molar-refractivity contribution in [3.8, 4) is 17.0 Å². The van der Waals surface area contributed by atoms with Gasteiger partial charge in [-0.2, -0.15) is 0 Å². The van der Waals surface area contributed by atoms with Crippen LogP contribution in [-0.4, -0.2) is 58.3 Å². The quantitative estimate of drug-likeness (QED) is 0.370. The summed E-state index contributed by atoms with van der Waals surface area (Å²) < 4.78 is 54.6. The van der Waals surface area contributed by atoms with Crippen LogP contribution in [0.3, 0.4) is 0 Å². The summed E-state index contributed by atoms with van der Waals surface area (Å²) in [6.45, 7) is 2.14. The van der Waals surface area contributed by atoms with E-state index in [0.29, 0.717) is 43.8 Å².